The predicted octanol–water partition coefficient (Wildman–Crippen LogP) is 3.27. The first-order valence-electron chi connectivity index (χ1n) is 5.76. The first kappa shape index (κ1) is 13.2. The zero-order valence-electron chi connectivity index (χ0n) is 10.3. The van der Waals surface area contributed by atoms with E-state index in [1.807, 2.05) is 19.1 Å². The highest BCUT2D eigenvalue weighted by Crippen LogP contribution is 2.21. The lowest BCUT2D eigenvalue weighted by molar-refractivity contribution is 0.101. The molecule has 0 saturated heterocycles. The molecule has 17 heavy (non-hydrogen) atoms. The van der Waals surface area contributed by atoms with Gasteiger partial charge in [0.2, 0.25) is 0 Å². The Morgan fingerprint density at radius 3 is 2.82 bits per heavy atom. The van der Waals surface area contributed by atoms with Crippen molar-refractivity contribution >= 4 is 5.78 Å². The molecule has 0 aliphatic carbocycles. The molecule has 0 aliphatic rings. The Bertz CT molecular complexity index is 432. The van der Waals surface area contributed by atoms with Crippen LogP contribution in [0.3, 0.4) is 0 Å². The standard InChI is InChI=1S/C14H17NO2/c1-11-6-7-13(12(2)16)14(10-11)17-9-5-3-4-8-15/h6-7,10H,3-5,9H2,1-2H3. The van der Waals surface area contributed by atoms with Gasteiger partial charge in [0.15, 0.2) is 5.78 Å². The number of Topliss-reactive ketones (excluding diaryl/α,β-unsaturated/α-hetero) is 1. The summed E-state index contributed by atoms with van der Waals surface area (Å²) in [6.07, 6.45) is 2.22. The summed E-state index contributed by atoms with van der Waals surface area (Å²) in [7, 11) is 0. The lowest BCUT2D eigenvalue weighted by Gasteiger charge is -2.10. The Balaban J connectivity index is 2.60. The number of carbonyl (C=O) groups is 1. The van der Waals surface area contributed by atoms with Crippen molar-refractivity contribution in [1.82, 2.24) is 0 Å². The van der Waals surface area contributed by atoms with Gasteiger partial charge in [0.1, 0.15) is 5.75 Å². The highest BCUT2D eigenvalue weighted by atomic mass is 16.5. The maximum atomic E-state index is 11.4. The summed E-state index contributed by atoms with van der Waals surface area (Å²) in [5.74, 6) is 0.659. The predicted molar refractivity (Wildman–Crippen MR) is 66.1 cm³/mol. The van der Waals surface area contributed by atoms with Gasteiger partial charge in [0.25, 0.3) is 0 Å². The molecule has 1 rings (SSSR count). The number of ether oxygens (including phenoxy) is 1. The van der Waals surface area contributed by atoms with E-state index in [1.165, 1.54) is 6.92 Å². The van der Waals surface area contributed by atoms with Crippen LogP contribution in [-0.2, 0) is 0 Å². The average molecular weight is 231 g/mol. The highest BCUT2D eigenvalue weighted by Gasteiger charge is 2.08. The van der Waals surface area contributed by atoms with Gasteiger partial charge in [0, 0.05) is 6.42 Å². The molecule has 0 radical (unpaired) electrons. The van der Waals surface area contributed by atoms with Crippen molar-refractivity contribution in [2.45, 2.75) is 33.1 Å². The topological polar surface area (TPSA) is 50.1 Å². The van der Waals surface area contributed by atoms with Crippen molar-refractivity contribution in [3.05, 3.63) is 29.3 Å². The molecule has 0 spiro atoms. The van der Waals surface area contributed by atoms with Crippen LogP contribution in [0.25, 0.3) is 0 Å². The summed E-state index contributed by atoms with van der Waals surface area (Å²) < 4.78 is 5.60. The van der Waals surface area contributed by atoms with Gasteiger partial charge in [-0.15, -0.1) is 0 Å². The summed E-state index contributed by atoms with van der Waals surface area (Å²) >= 11 is 0. The molecule has 0 N–H and O–H groups in total. The van der Waals surface area contributed by atoms with Crippen LogP contribution in [0, 0.1) is 18.3 Å². The van der Waals surface area contributed by atoms with E-state index >= 15 is 0 Å². The van der Waals surface area contributed by atoms with E-state index in [1.54, 1.807) is 6.07 Å². The normalized spacial score (nSPS) is 9.71. The Morgan fingerprint density at radius 1 is 1.41 bits per heavy atom. The van der Waals surface area contributed by atoms with Gasteiger partial charge in [-0.25, -0.2) is 0 Å². The number of ketones is 1. The number of hydrogen-bond acceptors (Lipinski definition) is 3. The highest BCUT2D eigenvalue weighted by molar-refractivity contribution is 5.96. The molecule has 0 atom stereocenters. The number of unbranched alkanes of at least 4 members (excludes halogenated alkanes) is 2. The number of aryl methyl sites for hydroxylation is 1. The molecule has 0 heterocycles. The summed E-state index contributed by atoms with van der Waals surface area (Å²) in [5, 5.41) is 8.40. The van der Waals surface area contributed by atoms with E-state index in [0.717, 1.165) is 18.4 Å². The zero-order valence-corrected chi connectivity index (χ0v) is 10.3. The first-order chi connectivity index (χ1) is 8.15. The van der Waals surface area contributed by atoms with E-state index in [4.69, 9.17) is 10.00 Å². The minimum absolute atomic E-state index is 0.0111. The van der Waals surface area contributed by atoms with Gasteiger partial charge >= 0.3 is 0 Å². The van der Waals surface area contributed by atoms with Crippen molar-refractivity contribution in [2.75, 3.05) is 6.61 Å². The average Bonchev–Trinajstić information content (AvgIpc) is 2.28. The zero-order chi connectivity index (χ0) is 12.7. The van der Waals surface area contributed by atoms with E-state index in [0.29, 0.717) is 24.3 Å². The van der Waals surface area contributed by atoms with Crippen LogP contribution in [0.15, 0.2) is 18.2 Å². The quantitative estimate of drug-likeness (QED) is 0.557. The number of nitriles is 1. The van der Waals surface area contributed by atoms with Gasteiger partial charge in [-0.2, -0.15) is 5.26 Å². The van der Waals surface area contributed by atoms with Gasteiger partial charge in [-0.3, -0.25) is 4.79 Å². The molecule has 0 amide bonds. The van der Waals surface area contributed by atoms with Crippen LogP contribution in [0.2, 0.25) is 0 Å². The summed E-state index contributed by atoms with van der Waals surface area (Å²) in [6.45, 7) is 4.05. The fraction of sp³-hybridized carbons (Fsp3) is 0.429. The van der Waals surface area contributed by atoms with Crippen LogP contribution in [0.4, 0.5) is 0 Å². The molecule has 1 aromatic carbocycles. The molecule has 0 aliphatic heterocycles. The van der Waals surface area contributed by atoms with Gasteiger partial charge in [-0.1, -0.05) is 6.07 Å². The molecule has 0 aromatic heterocycles. The molecule has 0 fully saturated rings. The maximum Gasteiger partial charge on any atom is 0.163 e. The Hall–Kier alpha value is -1.82. The summed E-state index contributed by atoms with van der Waals surface area (Å²) in [4.78, 5) is 11.4. The number of hydrogen-bond donors (Lipinski definition) is 0. The first-order valence-corrected chi connectivity index (χ1v) is 5.76. The summed E-state index contributed by atoms with van der Waals surface area (Å²) in [5.41, 5.74) is 1.69. The third-order valence-corrected chi connectivity index (χ3v) is 2.46. The molecule has 0 bridgehead atoms. The molecule has 1 aromatic rings. The fourth-order valence-electron chi connectivity index (χ4n) is 1.53. The monoisotopic (exact) mass is 231 g/mol. The van der Waals surface area contributed by atoms with Crippen LogP contribution < -0.4 is 4.74 Å². The second-order valence-electron chi connectivity index (χ2n) is 4.02. The van der Waals surface area contributed by atoms with Crippen LogP contribution in [0.5, 0.6) is 5.75 Å². The summed E-state index contributed by atoms with van der Waals surface area (Å²) in [6, 6.07) is 7.67. The van der Waals surface area contributed by atoms with Crippen molar-refractivity contribution in [3.63, 3.8) is 0 Å². The number of carbonyl (C=O) groups excluding carboxylic acids is 1. The van der Waals surface area contributed by atoms with Crippen molar-refractivity contribution < 1.29 is 9.53 Å². The largest absolute Gasteiger partial charge is 0.493 e. The van der Waals surface area contributed by atoms with Gasteiger partial charge < -0.3 is 4.74 Å². The maximum absolute atomic E-state index is 11.4. The molecular weight excluding hydrogens is 214 g/mol. The van der Waals surface area contributed by atoms with E-state index in [2.05, 4.69) is 6.07 Å². The molecule has 3 heteroatoms. The molecule has 0 saturated carbocycles. The van der Waals surface area contributed by atoms with E-state index in [9.17, 15) is 4.79 Å². The third-order valence-electron chi connectivity index (χ3n) is 2.46. The van der Waals surface area contributed by atoms with E-state index in [-0.39, 0.29) is 5.78 Å². The second-order valence-corrected chi connectivity index (χ2v) is 4.02. The van der Waals surface area contributed by atoms with E-state index < -0.39 is 0 Å². The SMILES string of the molecule is CC(=O)c1ccc(C)cc1OCCCCC#N. The Morgan fingerprint density at radius 2 is 2.18 bits per heavy atom. The lowest BCUT2D eigenvalue weighted by Crippen LogP contribution is -2.03. The minimum atomic E-state index is 0.0111. The Kier molecular flexibility index (Phi) is 5.22. The molecule has 90 valence electrons. The molecular formula is C14H17NO2. The van der Waals surface area contributed by atoms with Crippen LogP contribution in [0.1, 0.15) is 42.1 Å². The fourth-order valence-corrected chi connectivity index (χ4v) is 1.53. The van der Waals surface area contributed by atoms with Gasteiger partial charge in [-0.05, 0) is 44.4 Å². The molecule has 0 unspecified atom stereocenters. The second kappa shape index (κ2) is 6.70. The number of benzene rings is 1. The minimum Gasteiger partial charge on any atom is -0.493 e. The van der Waals surface area contributed by atoms with Crippen LogP contribution in [-0.4, -0.2) is 12.4 Å². The Labute approximate surface area is 102 Å². The van der Waals surface area contributed by atoms with Crippen LogP contribution >= 0.6 is 0 Å². The molecule has 3 nitrogen and oxygen atoms in total. The van der Waals surface area contributed by atoms with Crippen molar-refractivity contribution in [3.8, 4) is 11.8 Å². The smallest absolute Gasteiger partial charge is 0.163 e. The van der Waals surface area contributed by atoms with Crippen molar-refractivity contribution in [1.29, 1.82) is 5.26 Å². The lowest BCUT2D eigenvalue weighted by atomic mass is 10.1. The number of nitrogens with zero attached hydrogens (tertiary/aromatic N) is 1. The number of rotatable bonds is 6. The third kappa shape index (κ3) is 4.28. The van der Waals surface area contributed by atoms with Crippen molar-refractivity contribution in [2.24, 2.45) is 0 Å². The van der Waals surface area contributed by atoms with Gasteiger partial charge in [0.05, 0.1) is 18.2 Å².